The fourth-order valence-electron chi connectivity index (χ4n) is 3.11. The Balaban J connectivity index is 1.76. The van der Waals surface area contributed by atoms with Crippen molar-refractivity contribution in [3.8, 4) is 17.2 Å². The first-order valence-electron chi connectivity index (χ1n) is 9.93. The minimum absolute atomic E-state index is 0.161. The van der Waals surface area contributed by atoms with Crippen molar-refractivity contribution >= 4 is 23.0 Å². The molecule has 31 heavy (non-hydrogen) atoms. The fourth-order valence-corrected chi connectivity index (χ4v) is 3.11. The smallest absolute Gasteiger partial charge is 0.344 e. The molecule has 0 aromatic heterocycles. The number of esters is 1. The number of benzene rings is 3. The van der Waals surface area contributed by atoms with Gasteiger partial charge in [0.2, 0.25) is 0 Å². The molecule has 0 atom stereocenters. The average molecular weight is 422 g/mol. The SMILES string of the molecule is CCOC(=O)COc1ccc2ccccc2c1/C=N\NCc1ccc(OC)c(OC)c1. The first-order chi connectivity index (χ1) is 15.2. The highest BCUT2D eigenvalue weighted by molar-refractivity contribution is 6.02. The number of hydrogen-bond acceptors (Lipinski definition) is 7. The largest absolute Gasteiger partial charge is 0.493 e. The lowest BCUT2D eigenvalue weighted by atomic mass is 10.0. The Morgan fingerprint density at radius 1 is 1.00 bits per heavy atom. The van der Waals surface area contributed by atoms with E-state index >= 15 is 0 Å². The molecule has 162 valence electrons. The summed E-state index contributed by atoms with van der Waals surface area (Å²) in [6.07, 6.45) is 1.70. The number of nitrogens with one attached hydrogen (secondary N) is 1. The van der Waals surface area contributed by atoms with Gasteiger partial charge in [0, 0.05) is 5.56 Å². The van der Waals surface area contributed by atoms with E-state index in [0.29, 0.717) is 30.4 Å². The molecule has 0 aliphatic rings. The van der Waals surface area contributed by atoms with Gasteiger partial charge < -0.3 is 24.4 Å². The summed E-state index contributed by atoms with van der Waals surface area (Å²) in [5, 5.41) is 6.39. The molecule has 0 radical (unpaired) electrons. The predicted molar refractivity (Wildman–Crippen MR) is 120 cm³/mol. The standard InChI is InChI=1S/C24H26N2O5/c1-4-30-24(27)16-31-21-12-10-18-7-5-6-8-19(18)20(21)15-26-25-14-17-9-11-22(28-2)23(13-17)29-3/h5-13,15,25H,4,14,16H2,1-3H3/b26-15-. The molecule has 0 aliphatic carbocycles. The van der Waals surface area contributed by atoms with Crippen LogP contribution in [-0.4, -0.2) is 39.6 Å². The van der Waals surface area contributed by atoms with Crippen LogP contribution in [0.4, 0.5) is 0 Å². The second-order valence-corrected chi connectivity index (χ2v) is 6.57. The van der Waals surface area contributed by atoms with Gasteiger partial charge in [0.1, 0.15) is 5.75 Å². The zero-order chi connectivity index (χ0) is 22.1. The van der Waals surface area contributed by atoms with E-state index in [4.69, 9.17) is 18.9 Å². The Hall–Kier alpha value is -3.74. The average Bonchev–Trinajstić information content (AvgIpc) is 2.80. The number of ether oxygens (including phenoxy) is 4. The maximum absolute atomic E-state index is 11.7. The zero-order valence-electron chi connectivity index (χ0n) is 17.9. The van der Waals surface area contributed by atoms with Crippen LogP contribution in [0.2, 0.25) is 0 Å². The van der Waals surface area contributed by atoms with Gasteiger partial charge in [-0.25, -0.2) is 4.79 Å². The van der Waals surface area contributed by atoms with Crippen molar-refractivity contribution in [3.05, 3.63) is 65.7 Å². The number of methoxy groups -OCH3 is 2. The molecule has 0 spiro atoms. The van der Waals surface area contributed by atoms with E-state index in [1.54, 1.807) is 27.4 Å². The quantitative estimate of drug-likeness (QED) is 0.303. The molecule has 0 unspecified atom stereocenters. The number of fused-ring (bicyclic) bond motifs is 1. The van der Waals surface area contributed by atoms with E-state index in [1.807, 2.05) is 54.6 Å². The van der Waals surface area contributed by atoms with E-state index in [-0.39, 0.29) is 6.61 Å². The summed E-state index contributed by atoms with van der Waals surface area (Å²) in [6.45, 7) is 2.41. The predicted octanol–water partition coefficient (Wildman–Crippen LogP) is 3.92. The van der Waals surface area contributed by atoms with E-state index in [2.05, 4.69) is 10.5 Å². The highest BCUT2D eigenvalue weighted by Gasteiger charge is 2.10. The molecular weight excluding hydrogens is 396 g/mol. The third-order valence-electron chi connectivity index (χ3n) is 4.60. The number of nitrogens with zero attached hydrogens (tertiary/aromatic N) is 1. The van der Waals surface area contributed by atoms with Crippen LogP contribution in [0.1, 0.15) is 18.1 Å². The summed E-state index contributed by atoms with van der Waals surface area (Å²) < 4.78 is 21.2. The van der Waals surface area contributed by atoms with Crippen molar-refractivity contribution in [2.24, 2.45) is 5.10 Å². The zero-order valence-corrected chi connectivity index (χ0v) is 17.9. The topological polar surface area (TPSA) is 78.4 Å². The third-order valence-corrected chi connectivity index (χ3v) is 4.60. The van der Waals surface area contributed by atoms with Crippen LogP contribution in [-0.2, 0) is 16.1 Å². The molecule has 0 saturated carbocycles. The van der Waals surface area contributed by atoms with Crippen LogP contribution in [0.15, 0.2) is 59.7 Å². The second-order valence-electron chi connectivity index (χ2n) is 6.57. The molecule has 0 amide bonds. The van der Waals surface area contributed by atoms with Crippen molar-refractivity contribution < 1.29 is 23.7 Å². The van der Waals surface area contributed by atoms with Gasteiger partial charge in [-0.05, 0) is 41.5 Å². The Labute approximate surface area is 181 Å². The van der Waals surface area contributed by atoms with Crippen molar-refractivity contribution in [3.63, 3.8) is 0 Å². The number of rotatable bonds is 10. The minimum Gasteiger partial charge on any atom is -0.493 e. The number of hydrazone groups is 1. The van der Waals surface area contributed by atoms with Crippen LogP contribution >= 0.6 is 0 Å². The van der Waals surface area contributed by atoms with E-state index in [0.717, 1.165) is 21.9 Å². The lowest BCUT2D eigenvalue weighted by Gasteiger charge is -2.12. The molecule has 3 rings (SSSR count). The molecule has 1 N–H and O–H groups in total. The Morgan fingerprint density at radius 3 is 2.55 bits per heavy atom. The first kappa shape index (κ1) is 22.0. The van der Waals surface area contributed by atoms with E-state index < -0.39 is 5.97 Å². The van der Waals surface area contributed by atoms with Crippen molar-refractivity contribution in [1.29, 1.82) is 0 Å². The molecular formula is C24H26N2O5. The summed E-state index contributed by atoms with van der Waals surface area (Å²) in [5.41, 5.74) is 4.81. The maximum atomic E-state index is 11.7. The summed E-state index contributed by atoms with van der Waals surface area (Å²) in [6, 6.07) is 17.4. The van der Waals surface area contributed by atoms with Crippen molar-refractivity contribution in [2.45, 2.75) is 13.5 Å². The van der Waals surface area contributed by atoms with Gasteiger partial charge in [-0.3, -0.25) is 0 Å². The molecule has 3 aromatic carbocycles. The minimum atomic E-state index is -0.412. The lowest BCUT2D eigenvalue weighted by molar-refractivity contribution is -0.145. The fraction of sp³-hybridized carbons (Fsp3) is 0.250. The summed E-state index contributed by atoms with van der Waals surface area (Å²) >= 11 is 0. The van der Waals surface area contributed by atoms with Crippen LogP contribution < -0.4 is 19.6 Å². The second kappa shape index (κ2) is 10.9. The van der Waals surface area contributed by atoms with E-state index in [9.17, 15) is 4.79 Å². The molecule has 0 aliphatic heterocycles. The summed E-state index contributed by atoms with van der Waals surface area (Å²) in [5.74, 6) is 1.48. The van der Waals surface area contributed by atoms with Gasteiger partial charge in [0.05, 0.1) is 33.6 Å². The van der Waals surface area contributed by atoms with Gasteiger partial charge >= 0.3 is 5.97 Å². The van der Waals surface area contributed by atoms with Crippen LogP contribution in [0.5, 0.6) is 17.2 Å². The third kappa shape index (κ3) is 5.66. The maximum Gasteiger partial charge on any atom is 0.344 e. The molecule has 0 bridgehead atoms. The lowest BCUT2D eigenvalue weighted by Crippen LogP contribution is -2.15. The van der Waals surface area contributed by atoms with Crippen molar-refractivity contribution in [1.82, 2.24) is 5.43 Å². The Bertz CT molecular complexity index is 1070. The highest BCUT2D eigenvalue weighted by Crippen LogP contribution is 2.28. The molecule has 7 heteroatoms. The van der Waals surface area contributed by atoms with Gasteiger partial charge in [-0.1, -0.05) is 36.4 Å². The summed E-state index contributed by atoms with van der Waals surface area (Å²) in [7, 11) is 3.21. The Morgan fingerprint density at radius 2 is 1.77 bits per heavy atom. The molecule has 7 nitrogen and oxygen atoms in total. The van der Waals surface area contributed by atoms with Gasteiger partial charge in [-0.15, -0.1) is 0 Å². The van der Waals surface area contributed by atoms with Crippen LogP contribution in [0, 0.1) is 0 Å². The first-order valence-corrected chi connectivity index (χ1v) is 9.93. The van der Waals surface area contributed by atoms with Gasteiger partial charge in [0.25, 0.3) is 0 Å². The Kier molecular flexibility index (Phi) is 7.70. The molecule has 0 saturated heterocycles. The van der Waals surface area contributed by atoms with E-state index in [1.165, 1.54) is 0 Å². The van der Waals surface area contributed by atoms with Gasteiger partial charge in [0.15, 0.2) is 18.1 Å². The molecule has 0 fully saturated rings. The number of carbonyl (C=O) groups excluding carboxylic acids is 1. The van der Waals surface area contributed by atoms with Crippen LogP contribution in [0.3, 0.4) is 0 Å². The molecule has 3 aromatic rings. The monoisotopic (exact) mass is 422 g/mol. The normalized spacial score (nSPS) is 10.8. The number of hydrogen-bond donors (Lipinski definition) is 1. The van der Waals surface area contributed by atoms with Crippen molar-refractivity contribution in [2.75, 3.05) is 27.4 Å². The van der Waals surface area contributed by atoms with Crippen LogP contribution in [0.25, 0.3) is 10.8 Å². The van der Waals surface area contributed by atoms with Gasteiger partial charge in [-0.2, -0.15) is 5.10 Å². The number of carbonyl (C=O) groups is 1. The summed E-state index contributed by atoms with van der Waals surface area (Å²) in [4.78, 5) is 11.7. The molecule has 0 heterocycles. The highest BCUT2D eigenvalue weighted by atomic mass is 16.6.